The smallest absolute Gasteiger partial charge is 0.191 e. The number of benzene rings is 1. The Bertz CT molecular complexity index is 565. The van der Waals surface area contributed by atoms with E-state index in [1.54, 1.807) is 0 Å². The van der Waals surface area contributed by atoms with Crippen LogP contribution in [0.25, 0.3) is 0 Å². The number of ether oxygens (including phenoxy) is 1. The average Bonchev–Trinajstić information content (AvgIpc) is 2.70. The lowest BCUT2D eigenvalue weighted by molar-refractivity contribution is 0.143. The molecule has 0 amide bonds. The van der Waals surface area contributed by atoms with Gasteiger partial charge in [0.15, 0.2) is 5.96 Å². The number of piperidine rings is 1. The van der Waals surface area contributed by atoms with Crippen molar-refractivity contribution < 1.29 is 4.74 Å². The van der Waals surface area contributed by atoms with Crippen LogP contribution in [-0.2, 0) is 17.8 Å². The molecule has 0 radical (unpaired) electrons. The van der Waals surface area contributed by atoms with Crippen LogP contribution in [0.2, 0.25) is 0 Å². The molecule has 6 heteroatoms. The van der Waals surface area contributed by atoms with Gasteiger partial charge in [-0.05, 0) is 63.1 Å². The van der Waals surface area contributed by atoms with E-state index >= 15 is 0 Å². The lowest BCUT2D eigenvalue weighted by atomic mass is 9.99. The number of nitrogens with zero attached hydrogens (tertiary/aromatic N) is 2. The Kier molecular flexibility index (Phi) is 14.4. The van der Waals surface area contributed by atoms with E-state index in [0.29, 0.717) is 6.54 Å². The minimum absolute atomic E-state index is 0. The van der Waals surface area contributed by atoms with Crippen LogP contribution in [0.1, 0.15) is 57.6 Å². The van der Waals surface area contributed by atoms with Gasteiger partial charge < -0.3 is 15.4 Å². The highest BCUT2D eigenvalue weighted by Gasteiger charge is 2.16. The van der Waals surface area contributed by atoms with Gasteiger partial charge in [-0.3, -0.25) is 4.90 Å². The van der Waals surface area contributed by atoms with Crippen LogP contribution in [0.15, 0.2) is 29.3 Å². The number of guanidine groups is 1. The fourth-order valence-electron chi connectivity index (χ4n) is 3.63. The second-order valence-corrected chi connectivity index (χ2v) is 7.82. The second-order valence-electron chi connectivity index (χ2n) is 7.82. The van der Waals surface area contributed by atoms with Crippen molar-refractivity contribution in [2.75, 3.05) is 39.4 Å². The van der Waals surface area contributed by atoms with E-state index in [0.717, 1.165) is 57.6 Å². The van der Waals surface area contributed by atoms with E-state index in [2.05, 4.69) is 53.6 Å². The molecule has 1 aliphatic rings. The summed E-state index contributed by atoms with van der Waals surface area (Å²) in [4.78, 5) is 7.31. The van der Waals surface area contributed by atoms with Crippen LogP contribution < -0.4 is 10.6 Å². The first-order chi connectivity index (χ1) is 13.7. The summed E-state index contributed by atoms with van der Waals surface area (Å²) in [6.07, 6.45) is 4.88. The van der Waals surface area contributed by atoms with Gasteiger partial charge in [-0.2, -0.15) is 0 Å². The summed E-state index contributed by atoms with van der Waals surface area (Å²) in [7, 11) is 0. The molecule has 1 aromatic rings. The van der Waals surface area contributed by atoms with Crippen molar-refractivity contribution in [2.45, 2.75) is 59.5 Å². The molecule has 2 rings (SSSR count). The summed E-state index contributed by atoms with van der Waals surface area (Å²) in [5.41, 5.74) is 2.66. The molecule has 1 heterocycles. The number of hydrogen-bond acceptors (Lipinski definition) is 3. The highest BCUT2D eigenvalue weighted by atomic mass is 127. The van der Waals surface area contributed by atoms with Crippen LogP contribution in [0, 0.1) is 5.92 Å². The minimum atomic E-state index is 0. The summed E-state index contributed by atoms with van der Waals surface area (Å²) in [6.45, 7) is 14.2. The predicted octanol–water partition coefficient (Wildman–Crippen LogP) is 4.41. The summed E-state index contributed by atoms with van der Waals surface area (Å²) < 4.78 is 5.38. The second kappa shape index (κ2) is 15.9. The molecule has 0 spiro atoms. The van der Waals surface area contributed by atoms with Gasteiger partial charge in [0.2, 0.25) is 0 Å². The van der Waals surface area contributed by atoms with Crippen LogP contribution >= 0.6 is 24.0 Å². The molecule has 1 unspecified atom stereocenters. The van der Waals surface area contributed by atoms with Gasteiger partial charge >= 0.3 is 0 Å². The van der Waals surface area contributed by atoms with Gasteiger partial charge in [0.05, 0.1) is 6.54 Å². The number of rotatable bonds is 11. The lowest BCUT2D eigenvalue weighted by Gasteiger charge is -2.30. The highest BCUT2D eigenvalue weighted by molar-refractivity contribution is 14.0. The molecule has 29 heavy (non-hydrogen) atoms. The Balaban J connectivity index is 0.00000420. The van der Waals surface area contributed by atoms with Crippen molar-refractivity contribution in [3.8, 4) is 0 Å². The number of likely N-dealkylation sites (tertiary alicyclic amines) is 1. The zero-order chi connectivity index (χ0) is 20.0. The summed E-state index contributed by atoms with van der Waals surface area (Å²) in [6, 6.07) is 8.96. The Hall–Kier alpha value is -0.860. The van der Waals surface area contributed by atoms with E-state index in [9.17, 15) is 0 Å². The Morgan fingerprint density at radius 3 is 2.59 bits per heavy atom. The Morgan fingerprint density at radius 1 is 1.14 bits per heavy atom. The zero-order valence-electron chi connectivity index (χ0n) is 18.6. The average molecular weight is 517 g/mol. The first-order valence-corrected chi connectivity index (χ1v) is 11.1. The van der Waals surface area contributed by atoms with Gasteiger partial charge in [-0.15, -0.1) is 24.0 Å². The third-order valence-electron chi connectivity index (χ3n) is 5.15. The quantitative estimate of drug-likeness (QED) is 0.198. The highest BCUT2D eigenvalue weighted by Crippen LogP contribution is 2.18. The fourth-order valence-corrected chi connectivity index (χ4v) is 3.63. The summed E-state index contributed by atoms with van der Waals surface area (Å²) in [5, 5.41) is 6.74. The summed E-state index contributed by atoms with van der Waals surface area (Å²) >= 11 is 0. The number of halogens is 1. The van der Waals surface area contributed by atoms with E-state index in [1.807, 2.05) is 6.92 Å². The number of unbranched alkanes of at least 4 members (excludes halogenated alkanes) is 1. The Labute approximate surface area is 195 Å². The fraction of sp³-hybridized carbons (Fsp3) is 0.696. The summed E-state index contributed by atoms with van der Waals surface area (Å²) in [5.74, 6) is 1.73. The molecule has 0 bridgehead atoms. The molecule has 0 saturated carbocycles. The van der Waals surface area contributed by atoms with E-state index in [4.69, 9.17) is 9.73 Å². The molecule has 1 saturated heterocycles. The maximum atomic E-state index is 5.38. The molecule has 0 aliphatic carbocycles. The molecular weight excluding hydrogens is 475 g/mol. The topological polar surface area (TPSA) is 48.9 Å². The monoisotopic (exact) mass is 516 g/mol. The van der Waals surface area contributed by atoms with Gasteiger partial charge in [-0.25, -0.2) is 4.99 Å². The molecule has 1 atom stereocenters. The number of hydrogen-bond donors (Lipinski definition) is 2. The van der Waals surface area contributed by atoms with Crippen molar-refractivity contribution in [3.05, 3.63) is 35.4 Å². The third kappa shape index (κ3) is 11.2. The van der Waals surface area contributed by atoms with Crippen molar-refractivity contribution in [1.82, 2.24) is 15.5 Å². The van der Waals surface area contributed by atoms with E-state index in [-0.39, 0.29) is 24.0 Å². The van der Waals surface area contributed by atoms with Crippen LogP contribution in [0.3, 0.4) is 0 Å². The molecule has 166 valence electrons. The predicted molar refractivity (Wildman–Crippen MR) is 134 cm³/mol. The van der Waals surface area contributed by atoms with E-state index < -0.39 is 0 Å². The molecule has 1 fully saturated rings. The van der Waals surface area contributed by atoms with Crippen molar-refractivity contribution in [1.29, 1.82) is 0 Å². The first-order valence-electron chi connectivity index (χ1n) is 11.1. The number of nitrogens with one attached hydrogen (secondary N) is 2. The Morgan fingerprint density at radius 2 is 1.90 bits per heavy atom. The molecular formula is C23H41IN4O. The molecule has 5 nitrogen and oxygen atoms in total. The molecule has 1 aromatic carbocycles. The standard InChI is InChI=1S/C23H40N4O.HI/c1-4-24-23(25-14-6-7-16-28-5-2)26-17-21-10-12-22(13-11-21)19-27-15-8-9-20(3)18-27;/h10-13,20H,4-9,14-19H2,1-3H3,(H2,24,25,26);1H. The van der Waals surface area contributed by atoms with Gasteiger partial charge in [0.1, 0.15) is 0 Å². The van der Waals surface area contributed by atoms with Crippen molar-refractivity contribution >= 4 is 29.9 Å². The van der Waals surface area contributed by atoms with Crippen molar-refractivity contribution in [2.24, 2.45) is 10.9 Å². The number of aliphatic imine (C=N–C) groups is 1. The SMILES string of the molecule is CCNC(=NCc1ccc(CN2CCCC(C)C2)cc1)NCCCCOCC.I. The first kappa shape index (κ1) is 26.2. The normalized spacial score (nSPS) is 17.6. The van der Waals surface area contributed by atoms with Crippen LogP contribution in [0.4, 0.5) is 0 Å². The van der Waals surface area contributed by atoms with E-state index in [1.165, 1.54) is 37.1 Å². The maximum Gasteiger partial charge on any atom is 0.191 e. The third-order valence-corrected chi connectivity index (χ3v) is 5.15. The van der Waals surface area contributed by atoms with Crippen LogP contribution in [-0.4, -0.2) is 50.3 Å². The lowest BCUT2D eigenvalue weighted by Crippen LogP contribution is -2.37. The van der Waals surface area contributed by atoms with Crippen LogP contribution in [0.5, 0.6) is 0 Å². The largest absolute Gasteiger partial charge is 0.382 e. The molecule has 1 aliphatic heterocycles. The van der Waals surface area contributed by atoms with Crippen molar-refractivity contribution in [3.63, 3.8) is 0 Å². The zero-order valence-corrected chi connectivity index (χ0v) is 20.9. The van der Waals surface area contributed by atoms with Gasteiger partial charge in [-0.1, -0.05) is 31.2 Å². The molecule has 2 N–H and O–H groups in total. The minimum Gasteiger partial charge on any atom is -0.382 e. The molecule has 0 aromatic heterocycles. The maximum absolute atomic E-state index is 5.38. The van der Waals surface area contributed by atoms with Gasteiger partial charge in [0.25, 0.3) is 0 Å². The van der Waals surface area contributed by atoms with Gasteiger partial charge in [0, 0.05) is 39.4 Å².